The molecule has 0 saturated carbocycles. The molecule has 140 valence electrons. The molecule has 0 spiro atoms. The van der Waals surface area contributed by atoms with E-state index in [1.54, 1.807) is 23.6 Å². The van der Waals surface area contributed by atoms with Crippen molar-refractivity contribution in [3.8, 4) is 11.1 Å². The summed E-state index contributed by atoms with van der Waals surface area (Å²) < 4.78 is 27.8. The third-order valence-electron chi connectivity index (χ3n) is 4.39. The molecule has 4 rings (SSSR count). The van der Waals surface area contributed by atoms with Crippen molar-refractivity contribution in [2.24, 2.45) is 0 Å². The maximum absolute atomic E-state index is 13.2. The van der Waals surface area contributed by atoms with Crippen molar-refractivity contribution in [1.29, 1.82) is 0 Å². The first-order chi connectivity index (χ1) is 13.4. The van der Waals surface area contributed by atoms with Gasteiger partial charge in [0.1, 0.15) is 11.6 Å². The highest BCUT2D eigenvalue weighted by atomic mass is 19.1. The summed E-state index contributed by atoms with van der Waals surface area (Å²) in [7, 11) is 0. The molecule has 2 aromatic carbocycles. The standard InChI is InChI=1S/C20H15F2N5O/c1-11-17(13-3-5-14(21)6-4-13)19-25-24-18(12(2)27(19)26-11)20(28)23-16-9-7-15(22)8-10-16/h3-10H,1-2H3,(H,23,28). The number of carbonyl (C=O) groups excluding carboxylic acids is 1. The van der Waals surface area contributed by atoms with Crippen molar-refractivity contribution in [2.75, 3.05) is 5.32 Å². The van der Waals surface area contributed by atoms with Gasteiger partial charge in [-0.3, -0.25) is 4.79 Å². The fourth-order valence-electron chi connectivity index (χ4n) is 3.00. The molecule has 0 aliphatic heterocycles. The Kier molecular flexibility index (Phi) is 4.31. The molecule has 1 N–H and O–H groups in total. The Bertz CT molecular complexity index is 1180. The number of hydrogen-bond donors (Lipinski definition) is 1. The lowest BCUT2D eigenvalue weighted by molar-refractivity contribution is 0.102. The van der Waals surface area contributed by atoms with Crippen molar-refractivity contribution in [3.63, 3.8) is 0 Å². The Morgan fingerprint density at radius 1 is 0.929 bits per heavy atom. The van der Waals surface area contributed by atoms with Crippen LogP contribution in [-0.2, 0) is 0 Å². The van der Waals surface area contributed by atoms with Crippen LogP contribution < -0.4 is 5.32 Å². The quantitative estimate of drug-likeness (QED) is 0.585. The number of benzene rings is 2. The molecule has 0 saturated heterocycles. The normalized spacial score (nSPS) is 11.0. The maximum atomic E-state index is 13.2. The van der Waals surface area contributed by atoms with Gasteiger partial charge in [0.05, 0.1) is 17.0 Å². The van der Waals surface area contributed by atoms with Crippen molar-refractivity contribution in [3.05, 3.63) is 77.2 Å². The minimum Gasteiger partial charge on any atom is -0.321 e. The lowest BCUT2D eigenvalue weighted by Crippen LogP contribution is -2.18. The fourth-order valence-corrected chi connectivity index (χ4v) is 3.00. The first-order valence-electron chi connectivity index (χ1n) is 8.49. The van der Waals surface area contributed by atoms with Crippen molar-refractivity contribution in [1.82, 2.24) is 19.8 Å². The van der Waals surface area contributed by atoms with Crippen LogP contribution in [0, 0.1) is 25.5 Å². The molecule has 0 unspecified atom stereocenters. The molecular weight excluding hydrogens is 364 g/mol. The fraction of sp³-hybridized carbons (Fsp3) is 0.100. The first-order valence-corrected chi connectivity index (χ1v) is 8.49. The van der Waals surface area contributed by atoms with E-state index < -0.39 is 11.7 Å². The summed E-state index contributed by atoms with van der Waals surface area (Å²) in [6, 6.07) is 11.4. The molecular formula is C20H15F2N5O. The second-order valence-corrected chi connectivity index (χ2v) is 6.30. The molecule has 0 aliphatic rings. The number of aromatic nitrogens is 4. The molecule has 6 nitrogen and oxygen atoms in total. The van der Waals surface area contributed by atoms with E-state index in [9.17, 15) is 13.6 Å². The monoisotopic (exact) mass is 379 g/mol. The summed E-state index contributed by atoms with van der Waals surface area (Å²) in [5, 5.41) is 15.4. The van der Waals surface area contributed by atoms with Gasteiger partial charge in [-0.05, 0) is 55.8 Å². The van der Waals surface area contributed by atoms with Crippen LogP contribution in [0.5, 0.6) is 0 Å². The Hall–Kier alpha value is -3.68. The first kappa shape index (κ1) is 17.7. The zero-order valence-electron chi connectivity index (χ0n) is 15.1. The van der Waals surface area contributed by atoms with Gasteiger partial charge in [-0.1, -0.05) is 12.1 Å². The van der Waals surface area contributed by atoms with Gasteiger partial charge in [0, 0.05) is 5.69 Å². The number of carbonyl (C=O) groups is 1. The second kappa shape index (κ2) is 6.80. The summed E-state index contributed by atoms with van der Waals surface area (Å²) in [4.78, 5) is 12.6. The van der Waals surface area contributed by atoms with Crippen molar-refractivity contribution < 1.29 is 13.6 Å². The van der Waals surface area contributed by atoms with Crippen LogP contribution in [0.25, 0.3) is 16.8 Å². The van der Waals surface area contributed by atoms with Crippen LogP contribution in [0.4, 0.5) is 14.5 Å². The minimum atomic E-state index is -0.477. The highest BCUT2D eigenvalue weighted by molar-refractivity contribution is 6.03. The third-order valence-corrected chi connectivity index (χ3v) is 4.39. The molecule has 0 fully saturated rings. The predicted molar refractivity (Wildman–Crippen MR) is 100 cm³/mol. The van der Waals surface area contributed by atoms with Gasteiger partial charge in [0.2, 0.25) is 0 Å². The Morgan fingerprint density at radius 2 is 1.54 bits per heavy atom. The van der Waals surface area contributed by atoms with Crippen LogP contribution in [0.1, 0.15) is 21.9 Å². The van der Waals surface area contributed by atoms with Gasteiger partial charge in [-0.25, -0.2) is 13.3 Å². The summed E-state index contributed by atoms with van der Waals surface area (Å²) in [5.41, 5.74) is 3.68. The smallest absolute Gasteiger partial charge is 0.278 e. The number of fused-ring (bicyclic) bond motifs is 1. The average molecular weight is 379 g/mol. The summed E-state index contributed by atoms with van der Waals surface area (Å²) >= 11 is 0. The van der Waals surface area contributed by atoms with E-state index >= 15 is 0 Å². The Morgan fingerprint density at radius 3 is 2.18 bits per heavy atom. The topological polar surface area (TPSA) is 72.2 Å². The summed E-state index contributed by atoms with van der Waals surface area (Å²) in [5.74, 6) is -1.20. The van der Waals surface area contributed by atoms with Crippen LogP contribution in [0.3, 0.4) is 0 Å². The number of halogens is 2. The predicted octanol–water partition coefficient (Wildman–Crippen LogP) is 3.94. The van der Waals surface area contributed by atoms with E-state index in [1.807, 2.05) is 6.92 Å². The SMILES string of the molecule is Cc1nn2c(C)c(C(=O)Nc3ccc(F)cc3)nnc2c1-c1ccc(F)cc1. The average Bonchev–Trinajstić information content (AvgIpc) is 3.01. The second-order valence-electron chi connectivity index (χ2n) is 6.30. The third kappa shape index (κ3) is 3.09. The van der Waals surface area contributed by atoms with Crippen LogP contribution in [0.2, 0.25) is 0 Å². The van der Waals surface area contributed by atoms with E-state index in [1.165, 1.54) is 36.4 Å². The van der Waals surface area contributed by atoms with Crippen LogP contribution >= 0.6 is 0 Å². The van der Waals surface area contributed by atoms with E-state index in [-0.39, 0.29) is 11.5 Å². The molecule has 4 aromatic rings. The number of hydrogen-bond acceptors (Lipinski definition) is 4. The number of anilines is 1. The minimum absolute atomic E-state index is 0.102. The van der Waals surface area contributed by atoms with E-state index in [0.717, 1.165) is 11.1 Å². The van der Waals surface area contributed by atoms with Crippen molar-refractivity contribution in [2.45, 2.75) is 13.8 Å². The highest BCUT2D eigenvalue weighted by Gasteiger charge is 2.20. The lowest BCUT2D eigenvalue weighted by atomic mass is 10.1. The van der Waals surface area contributed by atoms with Gasteiger partial charge < -0.3 is 5.32 Å². The van der Waals surface area contributed by atoms with E-state index in [0.29, 0.717) is 22.7 Å². The molecule has 0 atom stereocenters. The van der Waals surface area contributed by atoms with E-state index in [4.69, 9.17) is 0 Å². The Balaban J connectivity index is 1.74. The number of rotatable bonds is 3. The molecule has 0 bridgehead atoms. The molecule has 0 aliphatic carbocycles. The Labute approximate surface area is 158 Å². The van der Waals surface area contributed by atoms with Crippen LogP contribution in [0.15, 0.2) is 48.5 Å². The van der Waals surface area contributed by atoms with Gasteiger partial charge in [0.15, 0.2) is 11.3 Å². The zero-order valence-corrected chi connectivity index (χ0v) is 15.1. The largest absolute Gasteiger partial charge is 0.321 e. The van der Waals surface area contributed by atoms with Gasteiger partial charge in [-0.15, -0.1) is 10.2 Å². The number of amides is 1. The zero-order chi connectivity index (χ0) is 19.8. The molecule has 2 aromatic heterocycles. The molecule has 2 heterocycles. The van der Waals surface area contributed by atoms with Gasteiger partial charge in [-0.2, -0.15) is 5.10 Å². The number of nitrogens with one attached hydrogen (secondary N) is 1. The van der Waals surface area contributed by atoms with E-state index in [2.05, 4.69) is 20.6 Å². The van der Waals surface area contributed by atoms with Gasteiger partial charge >= 0.3 is 0 Å². The maximum Gasteiger partial charge on any atom is 0.278 e. The number of nitrogens with zero attached hydrogens (tertiary/aromatic N) is 4. The van der Waals surface area contributed by atoms with Gasteiger partial charge in [0.25, 0.3) is 5.91 Å². The van der Waals surface area contributed by atoms with Crippen LogP contribution in [-0.4, -0.2) is 25.7 Å². The molecule has 28 heavy (non-hydrogen) atoms. The summed E-state index contributed by atoms with van der Waals surface area (Å²) in [6.07, 6.45) is 0. The lowest BCUT2D eigenvalue weighted by Gasteiger charge is -2.08. The highest BCUT2D eigenvalue weighted by Crippen LogP contribution is 2.28. The number of aryl methyl sites for hydroxylation is 2. The molecule has 8 heteroatoms. The summed E-state index contributed by atoms with van der Waals surface area (Å²) in [6.45, 7) is 3.52. The molecule has 1 amide bonds. The van der Waals surface area contributed by atoms with Crippen molar-refractivity contribution >= 4 is 17.2 Å². The molecule has 0 radical (unpaired) electrons.